The average Bonchev–Trinajstić information content (AvgIpc) is 2.93. The van der Waals surface area contributed by atoms with Gasteiger partial charge in [-0.15, -0.1) is 0 Å². The molecule has 0 amide bonds. The molecule has 0 radical (unpaired) electrons. The smallest absolute Gasteiger partial charge is 0.354 e. The average molecular weight is 306 g/mol. The second kappa shape index (κ2) is 5.01. The number of esters is 2. The van der Waals surface area contributed by atoms with Gasteiger partial charge in [0, 0.05) is 6.42 Å². The lowest BCUT2D eigenvalue weighted by Gasteiger charge is -2.38. The number of hydrogen-bond donors (Lipinski definition) is 1. The molecule has 0 spiro atoms. The summed E-state index contributed by atoms with van der Waals surface area (Å²) in [6.45, 7) is 0. The zero-order valence-corrected chi connectivity index (χ0v) is 11.8. The molecule has 0 unspecified atom stereocenters. The SMILES string of the molecule is COC(=O)[C@]1([C@H]2CCC(=O)O2)CC(=O)c2c(O)cccc2O1. The molecule has 2 atom stereocenters. The molecule has 2 aliphatic heterocycles. The number of carbonyl (C=O) groups is 3. The van der Waals surface area contributed by atoms with Crippen LogP contribution < -0.4 is 4.74 Å². The van der Waals surface area contributed by atoms with Crippen molar-refractivity contribution in [3.63, 3.8) is 0 Å². The largest absolute Gasteiger partial charge is 0.507 e. The number of methoxy groups -OCH3 is 1. The predicted molar refractivity (Wildman–Crippen MR) is 71.5 cm³/mol. The number of hydrogen-bond acceptors (Lipinski definition) is 7. The van der Waals surface area contributed by atoms with Crippen LogP contribution >= 0.6 is 0 Å². The molecule has 0 saturated carbocycles. The van der Waals surface area contributed by atoms with Gasteiger partial charge < -0.3 is 19.3 Å². The molecule has 1 aromatic carbocycles. The number of ether oxygens (including phenoxy) is 3. The summed E-state index contributed by atoms with van der Waals surface area (Å²) in [7, 11) is 1.17. The van der Waals surface area contributed by atoms with Crippen LogP contribution in [0.15, 0.2) is 18.2 Å². The van der Waals surface area contributed by atoms with E-state index >= 15 is 0 Å². The molecule has 1 N–H and O–H groups in total. The number of phenolic OH excluding ortho intramolecular Hbond substituents is 1. The van der Waals surface area contributed by atoms with E-state index in [0.29, 0.717) is 0 Å². The number of ketones is 1. The predicted octanol–water partition coefficient (Wildman–Crippen LogP) is 0.975. The third-order valence-electron chi connectivity index (χ3n) is 3.93. The van der Waals surface area contributed by atoms with Gasteiger partial charge in [0.1, 0.15) is 17.1 Å². The van der Waals surface area contributed by atoms with Crippen molar-refractivity contribution in [3.05, 3.63) is 23.8 Å². The second-order valence-corrected chi connectivity index (χ2v) is 5.25. The zero-order valence-electron chi connectivity index (χ0n) is 11.8. The first-order valence-electron chi connectivity index (χ1n) is 6.80. The lowest BCUT2D eigenvalue weighted by atomic mass is 9.84. The highest BCUT2D eigenvalue weighted by molar-refractivity contribution is 6.06. The molecule has 1 saturated heterocycles. The Balaban J connectivity index is 2.07. The second-order valence-electron chi connectivity index (χ2n) is 5.25. The van der Waals surface area contributed by atoms with Gasteiger partial charge in [-0.05, 0) is 18.6 Å². The number of Topliss-reactive ketones (excluding diaryl/α,β-unsaturated/α-hetero) is 1. The van der Waals surface area contributed by atoms with Gasteiger partial charge in [0.25, 0.3) is 0 Å². The number of fused-ring (bicyclic) bond motifs is 1. The molecule has 3 rings (SSSR count). The molecule has 0 aromatic heterocycles. The minimum Gasteiger partial charge on any atom is -0.507 e. The maximum atomic E-state index is 12.4. The molecule has 116 valence electrons. The summed E-state index contributed by atoms with van der Waals surface area (Å²) in [5.74, 6) is -1.85. The minimum atomic E-state index is -1.71. The van der Waals surface area contributed by atoms with E-state index in [9.17, 15) is 19.5 Å². The summed E-state index contributed by atoms with van der Waals surface area (Å²) >= 11 is 0. The van der Waals surface area contributed by atoms with E-state index in [1.54, 1.807) is 0 Å². The van der Waals surface area contributed by atoms with Gasteiger partial charge >= 0.3 is 11.9 Å². The standard InChI is InChI=1S/C15H14O7/c1-20-14(19)15(11-5-6-12(18)21-11)7-9(17)13-8(16)3-2-4-10(13)22-15/h2-4,11,16H,5-7H2,1H3/t11-,15-/m1/s1. The number of aromatic hydroxyl groups is 1. The number of benzene rings is 1. The number of rotatable bonds is 2. The molecule has 1 aromatic rings. The number of cyclic esters (lactones) is 1. The van der Waals surface area contributed by atoms with E-state index in [-0.39, 0.29) is 36.3 Å². The lowest BCUT2D eigenvalue weighted by Crippen LogP contribution is -2.58. The van der Waals surface area contributed by atoms with Crippen molar-refractivity contribution in [2.45, 2.75) is 31.0 Å². The van der Waals surface area contributed by atoms with Crippen LogP contribution in [-0.2, 0) is 19.1 Å². The maximum Gasteiger partial charge on any atom is 0.354 e. The van der Waals surface area contributed by atoms with Crippen LogP contribution in [0.1, 0.15) is 29.6 Å². The Labute approximate surface area is 125 Å². The Bertz CT molecular complexity index is 666. The maximum absolute atomic E-state index is 12.4. The van der Waals surface area contributed by atoms with Crippen molar-refractivity contribution in [1.29, 1.82) is 0 Å². The van der Waals surface area contributed by atoms with Crippen LogP contribution in [0.25, 0.3) is 0 Å². The molecule has 2 aliphatic rings. The molecule has 22 heavy (non-hydrogen) atoms. The van der Waals surface area contributed by atoms with Gasteiger partial charge in [-0.1, -0.05) is 6.07 Å². The molecule has 0 aliphatic carbocycles. The summed E-state index contributed by atoms with van der Waals surface area (Å²) in [6.07, 6.45) is -0.849. The molecule has 1 fully saturated rings. The van der Waals surface area contributed by atoms with Crippen LogP contribution in [0.5, 0.6) is 11.5 Å². The van der Waals surface area contributed by atoms with E-state index in [1.165, 1.54) is 25.3 Å². The fourth-order valence-corrected chi connectivity index (χ4v) is 2.90. The number of carbonyl (C=O) groups excluding carboxylic acids is 3. The summed E-state index contributed by atoms with van der Waals surface area (Å²) in [5.41, 5.74) is -1.69. The monoisotopic (exact) mass is 306 g/mol. The summed E-state index contributed by atoms with van der Waals surface area (Å²) in [5, 5.41) is 9.80. The van der Waals surface area contributed by atoms with Gasteiger partial charge in [-0.3, -0.25) is 9.59 Å². The minimum absolute atomic E-state index is 0.0198. The van der Waals surface area contributed by atoms with Crippen LogP contribution in [0.2, 0.25) is 0 Å². The van der Waals surface area contributed by atoms with E-state index in [2.05, 4.69) is 0 Å². The van der Waals surface area contributed by atoms with Crippen LogP contribution in [0.3, 0.4) is 0 Å². The highest BCUT2D eigenvalue weighted by Crippen LogP contribution is 2.42. The van der Waals surface area contributed by atoms with Crippen molar-refractivity contribution in [1.82, 2.24) is 0 Å². The number of phenols is 1. The molecule has 0 bridgehead atoms. The molecular formula is C15H14O7. The molecule has 7 nitrogen and oxygen atoms in total. The Morgan fingerprint density at radius 2 is 2.18 bits per heavy atom. The first kappa shape index (κ1) is 14.4. The summed E-state index contributed by atoms with van der Waals surface area (Å²) in [4.78, 5) is 36.0. The zero-order chi connectivity index (χ0) is 15.9. The molecule has 7 heteroatoms. The highest BCUT2D eigenvalue weighted by atomic mass is 16.6. The lowest BCUT2D eigenvalue weighted by molar-refractivity contribution is -0.175. The van der Waals surface area contributed by atoms with E-state index in [0.717, 1.165) is 0 Å². The first-order valence-corrected chi connectivity index (χ1v) is 6.80. The van der Waals surface area contributed by atoms with Crippen molar-refractivity contribution in [2.75, 3.05) is 7.11 Å². The van der Waals surface area contributed by atoms with Crippen molar-refractivity contribution in [2.24, 2.45) is 0 Å². The third-order valence-corrected chi connectivity index (χ3v) is 3.93. The fraction of sp³-hybridized carbons (Fsp3) is 0.400. The van der Waals surface area contributed by atoms with Crippen LogP contribution in [0.4, 0.5) is 0 Å². The van der Waals surface area contributed by atoms with Crippen molar-refractivity contribution >= 4 is 17.7 Å². The first-order chi connectivity index (χ1) is 10.5. The molecular weight excluding hydrogens is 292 g/mol. The van der Waals surface area contributed by atoms with E-state index in [1.807, 2.05) is 0 Å². The summed E-state index contributed by atoms with van der Waals surface area (Å²) in [6, 6.07) is 4.33. The van der Waals surface area contributed by atoms with Crippen molar-refractivity contribution in [3.8, 4) is 11.5 Å². The Morgan fingerprint density at radius 1 is 1.41 bits per heavy atom. The fourth-order valence-electron chi connectivity index (χ4n) is 2.90. The van der Waals surface area contributed by atoms with Gasteiger partial charge in [0.15, 0.2) is 11.9 Å². The van der Waals surface area contributed by atoms with E-state index < -0.39 is 29.4 Å². The Hall–Kier alpha value is -2.57. The van der Waals surface area contributed by atoms with Crippen LogP contribution in [-0.4, -0.2) is 41.6 Å². The van der Waals surface area contributed by atoms with Gasteiger partial charge in [-0.25, -0.2) is 4.79 Å². The highest BCUT2D eigenvalue weighted by Gasteiger charge is 2.57. The Morgan fingerprint density at radius 3 is 2.82 bits per heavy atom. The van der Waals surface area contributed by atoms with Gasteiger partial charge in [-0.2, -0.15) is 0 Å². The normalized spacial score (nSPS) is 26.9. The third kappa shape index (κ3) is 2.01. The topological polar surface area (TPSA) is 99.1 Å². The van der Waals surface area contributed by atoms with Gasteiger partial charge in [0.05, 0.1) is 13.5 Å². The van der Waals surface area contributed by atoms with E-state index in [4.69, 9.17) is 14.2 Å². The quantitative estimate of drug-likeness (QED) is 0.813. The Kier molecular flexibility index (Phi) is 3.27. The van der Waals surface area contributed by atoms with Gasteiger partial charge in [0.2, 0.25) is 5.60 Å². The van der Waals surface area contributed by atoms with Crippen LogP contribution in [0, 0.1) is 0 Å². The summed E-state index contributed by atoms with van der Waals surface area (Å²) < 4.78 is 15.6. The van der Waals surface area contributed by atoms with Crippen molar-refractivity contribution < 1.29 is 33.7 Å². The molecule has 2 heterocycles.